The Morgan fingerprint density at radius 1 is 1.24 bits per heavy atom. The number of nitrogens with one attached hydrogen (secondary N) is 1. The zero-order valence-electron chi connectivity index (χ0n) is 17.0. The highest BCUT2D eigenvalue weighted by Gasteiger charge is 2.28. The molecule has 1 aliphatic rings. The van der Waals surface area contributed by atoms with Gasteiger partial charge in [0.15, 0.2) is 0 Å². The van der Waals surface area contributed by atoms with E-state index in [1.165, 1.54) is 0 Å². The number of benzene rings is 2. The maximum Gasteiger partial charge on any atom is 0.136 e. The van der Waals surface area contributed by atoms with Crippen LogP contribution in [0.2, 0.25) is 5.02 Å². The van der Waals surface area contributed by atoms with Crippen LogP contribution in [0.3, 0.4) is 0 Å². The Balaban J connectivity index is 1.90. The van der Waals surface area contributed by atoms with Crippen molar-refractivity contribution in [3.8, 4) is 16.9 Å². The van der Waals surface area contributed by atoms with Crippen LogP contribution in [0.1, 0.15) is 44.2 Å². The molecule has 0 saturated heterocycles. The molecule has 0 bridgehead atoms. The molecule has 0 amide bonds. The molecule has 0 aromatic heterocycles. The number of halogens is 1. The quantitative estimate of drug-likeness (QED) is 0.344. The minimum Gasteiger partial charge on any atom is -0.490 e. The predicted molar refractivity (Wildman–Crippen MR) is 119 cm³/mol. The molecule has 0 radical (unpaired) electrons. The lowest BCUT2D eigenvalue weighted by molar-refractivity contribution is 0.139. The average molecular weight is 414 g/mol. The Morgan fingerprint density at radius 3 is 2.76 bits per heavy atom. The largest absolute Gasteiger partial charge is 0.490 e. The standard InChI is InChI=1S/C23H28ClN3O2/c1-15(23(25)26)27-21-14-19(8-3-4-11-28-2)29-22-10-9-17(13-20(21)22)16-6-5-7-18(24)12-16/h5-7,9-10,12-13,19,21H,3-4,8,11,14H2,1-2H3,(H3,25,26). The molecule has 2 unspecified atom stereocenters. The molecular weight excluding hydrogens is 386 g/mol. The number of aliphatic imine (C=N–C) groups is 1. The van der Waals surface area contributed by atoms with Crippen LogP contribution >= 0.6 is 11.6 Å². The molecule has 0 fully saturated rings. The lowest BCUT2D eigenvalue weighted by atomic mass is 9.91. The third-order valence-corrected chi connectivity index (χ3v) is 5.41. The second-order valence-corrected chi connectivity index (χ2v) is 7.81. The van der Waals surface area contributed by atoms with Crippen molar-refractivity contribution in [3.05, 3.63) is 53.1 Å². The summed E-state index contributed by atoms with van der Waals surface area (Å²) in [4.78, 5) is 4.76. The Kier molecular flexibility index (Phi) is 7.29. The summed E-state index contributed by atoms with van der Waals surface area (Å²) < 4.78 is 11.4. The van der Waals surface area contributed by atoms with Gasteiger partial charge in [0.05, 0.1) is 11.8 Å². The Hall–Kier alpha value is -2.37. The molecule has 5 nitrogen and oxygen atoms in total. The molecule has 1 heterocycles. The van der Waals surface area contributed by atoms with Gasteiger partial charge in [-0.2, -0.15) is 0 Å². The van der Waals surface area contributed by atoms with E-state index in [1.807, 2.05) is 30.3 Å². The van der Waals surface area contributed by atoms with E-state index in [-0.39, 0.29) is 18.0 Å². The topological polar surface area (TPSA) is 80.7 Å². The summed E-state index contributed by atoms with van der Waals surface area (Å²) in [6.45, 7) is 2.54. The SMILES string of the molecule is COCCCCC1CC(N=C(C)C(=N)N)c2cc(-c3cccc(Cl)c3)ccc2O1. The monoisotopic (exact) mass is 413 g/mol. The molecule has 2 aromatic carbocycles. The molecule has 0 spiro atoms. The first kappa shape index (κ1) is 21.3. The number of fused-ring (bicyclic) bond motifs is 1. The van der Waals surface area contributed by atoms with Gasteiger partial charge >= 0.3 is 0 Å². The maximum absolute atomic E-state index is 7.70. The number of nitrogens with zero attached hydrogens (tertiary/aromatic N) is 1. The summed E-state index contributed by atoms with van der Waals surface area (Å²) in [7, 11) is 1.72. The number of rotatable bonds is 8. The van der Waals surface area contributed by atoms with Crippen LogP contribution in [-0.4, -0.2) is 31.4 Å². The van der Waals surface area contributed by atoms with Crippen molar-refractivity contribution in [1.82, 2.24) is 0 Å². The lowest BCUT2D eigenvalue weighted by Gasteiger charge is -2.31. The summed E-state index contributed by atoms with van der Waals surface area (Å²) >= 11 is 6.17. The Labute approximate surface area is 177 Å². The summed E-state index contributed by atoms with van der Waals surface area (Å²) in [6, 6.07) is 13.9. The van der Waals surface area contributed by atoms with E-state index in [1.54, 1.807) is 14.0 Å². The smallest absolute Gasteiger partial charge is 0.136 e. The number of amidine groups is 1. The fraction of sp³-hybridized carbons (Fsp3) is 0.391. The van der Waals surface area contributed by atoms with Gasteiger partial charge in [-0.15, -0.1) is 0 Å². The Bertz CT molecular complexity index is 897. The van der Waals surface area contributed by atoms with Gasteiger partial charge in [-0.25, -0.2) is 0 Å². The number of ether oxygens (including phenoxy) is 2. The molecule has 154 valence electrons. The molecule has 2 atom stereocenters. The van der Waals surface area contributed by atoms with Gasteiger partial charge in [0.2, 0.25) is 0 Å². The van der Waals surface area contributed by atoms with Gasteiger partial charge in [0.1, 0.15) is 17.7 Å². The molecular formula is C23H28ClN3O2. The number of nitrogens with two attached hydrogens (primary N) is 1. The van der Waals surface area contributed by atoms with Gasteiger partial charge in [-0.1, -0.05) is 29.8 Å². The highest BCUT2D eigenvalue weighted by atomic mass is 35.5. The van der Waals surface area contributed by atoms with E-state index in [0.717, 1.165) is 54.7 Å². The Morgan fingerprint density at radius 2 is 2.03 bits per heavy atom. The van der Waals surface area contributed by atoms with Gasteiger partial charge in [0, 0.05) is 30.7 Å². The average Bonchev–Trinajstić information content (AvgIpc) is 2.71. The zero-order valence-corrected chi connectivity index (χ0v) is 17.7. The van der Waals surface area contributed by atoms with E-state index < -0.39 is 0 Å². The first-order valence-corrected chi connectivity index (χ1v) is 10.3. The number of unbranched alkanes of at least 4 members (excludes halogenated alkanes) is 1. The van der Waals surface area contributed by atoms with Crippen molar-refractivity contribution in [2.75, 3.05) is 13.7 Å². The highest BCUT2D eigenvalue weighted by molar-refractivity contribution is 6.38. The first-order valence-electron chi connectivity index (χ1n) is 9.92. The molecule has 2 aromatic rings. The van der Waals surface area contributed by atoms with E-state index in [2.05, 4.69) is 12.1 Å². The lowest BCUT2D eigenvalue weighted by Crippen LogP contribution is -2.27. The molecule has 0 aliphatic carbocycles. The maximum atomic E-state index is 7.70. The summed E-state index contributed by atoms with van der Waals surface area (Å²) in [5.74, 6) is 0.851. The van der Waals surface area contributed by atoms with Gasteiger partial charge in [0.25, 0.3) is 0 Å². The van der Waals surface area contributed by atoms with Crippen molar-refractivity contribution in [2.45, 2.75) is 44.8 Å². The van der Waals surface area contributed by atoms with Crippen LogP contribution in [0.5, 0.6) is 5.75 Å². The minimum absolute atomic E-state index is 0.000632. The molecule has 6 heteroatoms. The fourth-order valence-corrected chi connectivity index (χ4v) is 3.78. The van der Waals surface area contributed by atoms with Crippen molar-refractivity contribution >= 4 is 23.1 Å². The molecule has 0 saturated carbocycles. The summed E-state index contributed by atoms with van der Waals surface area (Å²) in [6.07, 6.45) is 3.85. The number of methoxy groups -OCH3 is 1. The second kappa shape index (κ2) is 9.90. The predicted octanol–water partition coefficient (Wildman–Crippen LogP) is 5.41. The third-order valence-electron chi connectivity index (χ3n) is 5.17. The first-order chi connectivity index (χ1) is 14.0. The van der Waals surface area contributed by atoms with E-state index in [9.17, 15) is 0 Å². The molecule has 29 heavy (non-hydrogen) atoms. The highest BCUT2D eigenvalue weighted by Crippen LogP contribution is 2.41. The second-order valence-electron chi connectivity index (χ2n) is 7.37. The van der Waals surface area contributed by atoms with Crippen molar-refractivity contribution in [2.24, 2.45) is 10.7 Å². The van der Waals surface area contributed by atoms with Crippen LogP contribution in [0, 0.1) is 5.41 Å². The van der Waals surface area contributed by atoms with Gasteiger partial charge in [-0.05, 0) is 61.6 Å². The van der Waals surface area contributed by atoms with Crippen LogP contribution in [0.4, 0.5) is 0 Å². The van der Waals surface area contributed by atoms with E-state index in [4.69, 9.17) is 37.2 Å². The van der Waals surface area contributed by atoms with Gasteiger partial charge in [-0.3, -0.25) is 10.4 Å². The summed E-state index contributed by atoms with van der Waals surface area (Å²) in [5.41, 5.74) is 9.34. The van der Waals surface area contributed by atoms with Crippen LogP contribution in [0.15, 0.2) is 47.5 Å². The zero-order chi connectivity index (χ0) is 20.8. The normalized spacial score (nSPS) is 18.8. The van der Waals surface area contributed by atoms with Crippen LogP contribution in [0.25, 0.3) is 11.1 Å². The van der Waals surface area contributed by atoms with Gasteiger partial charge < -0.3 is 15.2 Å². The minimum atomic E-state index is -0.0887. The molecule has 3 rings (SSSR count). The molecule has 3 N–H and O–H groups in total. The van der Waals surface area contributed by atoms with Crippen molar-refractivity contribution in [3.63, 3.8) is 0 Å². The van der Waals surface area contributed by atoms with Crippen molar-refractivity contribution in [1.29, 1.82) is 5.41 Å². The molecule has 1 aliphatic heterocycles. The third kappa shape index (κ3) is 5.58. The number of hydrogen-bond donors (Lipinski definition) is 2. The van der Waals surface area contributed by atoms with E-state index in [0.29, 0.717) is 10.7 Å². The summed E-state index contributed by atoms with van der Waals surface area (Å²) in [5, 5.41) is 8.40. The number of hydrogen-bond acceptors (Lipinski definition) is 4. The van der Waals surface area contributed by atoms with Crippen LogP contribution < -0.4 is 10.5 Å². The fourth-order valence-electron chi connectivity index (χ4n) is 3.59. The van der Waals surface area contributed by atoms with Crippen molar-refractivity contribution < 1.29 is 9.47 Å². The van der Waals surface area contributed by atoms with Crippen LogP contribution in [-0.2, 0) is 4.74 Å². The van der Waals surface area contributed by atoms with E-state index >= 15 is 0 Å².